The third-order valence-corrected chi connectivity index (χ3v) is 5.08. The number of pyridine rings is 1. The maximum atomic E-state index is 11.1. The fraction of sp³-hybridized carbons (Fsp3) is 0.105. The van der Waals surface area contributed by atoms with Crippen LogP contribution in [-0.2, 0) is 0 Å². The van der Waals surface area contributed by atoms with Gasteiger partial charge in [0.2, 0.25) is 0 Å². The molecule has 3 aromatic heterocycles. The van der Waals surface area contributed by atoms with Crippen LogP contribution >= 0.6 is 11.3 Å². The number of hydrogen-bond acceptors (Lipinski definition) is 8. The third kappa shape index (κ3) is 3.47. The Labute approximate surface area is 164 Å². The number of thiazole rings is 1. The standard InChI is InChI=1S/C19H16N6O2S/c1-11-10-16(25(2)15-9-5-7-13(20-15)18(26)27)23-24-17(11)22-19-21-12-6-3-4-8-14(12)28-19/h3-10H,1-2H3,(H,26,27)(H,21,22,24). The summed E-state index contributed by atoms with van der Waals surface area (Å²) in [5.41, 5.74) is 1.79. The van der Waals surface area contributed by atoms with E-state index in [2.05, 4.69) is 25.5 Å². The van der Waals surface area contributed by atoms with E-state index in [0.717, 1.165) is 20.9 Å². The minimum Gasteiger partial charge on any atom is -0.477 e. The van der Waals surface area contributed by atoms with E-state index in [1.165, 1.54) is 6.07 Å². The molecular weight excluding hydrogens is 376 g/mol. The summed E-state index contributed by atoms with van der Waals surface area (Å²) in [6, 6.07) is 14.6. The molecule has 0 aliphatic rings. The highest BCUT2D eigenvalue weighted by Gasteiger charge is 2.13. The number of benzene rings is 1. The second-order valence-corrected chi connectivity index (χ2v) is 7.12. The number of rotatable bonds is 5. The normalized spacial score (nSPS) is 10.8. The molecule has 0 spiro atoms. The number of carboxylic acid groups (broad SMARTS) is 1. The van der Waals surface area contributed by atoms with Gasteiger partial charge in [-0.1, -0.05) is 29.5 Å². The van der Waals surface area contributed by atoms with E-state index in [1.54, 1.807) is 35.4 Å². The van der Waals surface area contributed by atoms with E-state index in [0.29, 0.717) is 17.5 Å². The molecular formula is C19H16N6O2S. The Hall–Kier alpha value is -3.59. The van der Waals surface area contributed by atoms with Crippen molar-refractivity contribution in [1.82, 2.24) is 20.2 Å². The number of hydrogen-bond donors (Lipinski definition) is 2. The van der Waals surface area contributed by atoms with Crippen LogP contribution in [0.5, 0.6) is 0 Å². The highest BCUT2D eigenvalue weighted by atomic mass is 32.1. The number of fused-ring (bicyclic) bond motifs is 1. The van der Waals surface area contributed by atoms with Gasteiger partial charge >= 0.3 is 5.97 Å². The van der Waals surface area contributed by atoms with Gasteiger partial charge in [0.25, 0.3) is 0 Å². The molecule has 0 aliphatic heterocycles. The van der Waals surface area contributed by atoms with Crippen LogP contribution < -0.4 is 10.2 Å². The molecule has 0 atom stereocenters. The average molecular weight is 392 g/mol. The molecule has 0 fully saturated rings. The highest BCUT2D eigenvalue weighted by molar-refractivity contribution is 7.22. The summed E-state index contributed by atoms with van der Waals surface area (Å²) in [5.74, 6) is 0.569. The minimum absolute atomic E-state index is 0.0249. The van der Waals surface area contributed by atoms with E-state index in [-0.39, 0.29) is 5.69 Å². The molecule has 0 unspecified atom stereocenters. The molecule has 0 amide bonds. The van der Waals surface area contributed by atoms with E-state index < -0.39 is 5.97 Å². The number of aryl methyl sites for hydroxylation is 1. The number of nitrogens with zero attached hydrogens (tertiary/aromatic N) is 5. The lowest BCUT2D eigenvalue weighted by Crippen LogP contribution is -2.15. The molecule has 3 heterocycles. The molecule has 0 bridgehead atoms. The van der Waals surface area contributed by atoms with Gasteiger partial charge in [0, 0.05) is 7.05 Å². The van der Waals surface area contributed by atoms with E-state index in [9.17, 15) is 4.79 Å². The first-order valence-corrected chi connectivity index (χ1v) is 9.24. The van der Waals surface area contributed by atoms with Crippen LogP contribution in [0, 0.1) is 6.92 Å². The first kappa shape index (κ1) is 17.8. The molecule has 0 radical (unpaired) electrons. The van der Waals surface area contributed by atoms with Crippen molar-refractivity contribution in [3.05, 3.63) is 59.8 Å². The summed E-state index contributed by atoms with van der Waals surface area (Å²) >= 11 is 1.55. The first-order chi connectivity index (χ1) is 13.5. The van der Waals surface area contributed by atoms with E-state index >= 15 is 0 Å². The summed E-state index contributed by atoms with van der Waals surface area (Å²) in [6.07, 6.45) is 0. The Kier molecular flexibility index (Phi) is 4.58. The molecule has 1 aromatic carbocycles. The van der Waals surface area contributed by atoms with Gasteiger partial charge in [-0.25, -0.2) is 14.8 Å². The Balaban J connectivity index is 1.58. The zero-order valence-corrected chi connectivity index (χ0v) is 15.9. The molecule has 4 aromatic rings. The first-order valence-electron chi connectivity index (χ1n) is 8.42. The quantitative estimate of drug-likeness (QED) is 0.525. The summed E-state index contributed by atoms with van der Waals surface area (Å²) in [6.45, 7) is 1.92. The van der Waals surface area contributed by atoms with Crippen LogP contribution in [0.15, 0.2) is 48.5 Å². The Morgan fingerprint density at radius 1 is 1.07 bits per heavy atom. The monoisotopic (exact) mass is 392 g/mol. The molecule has 2 N–H and O–H groups in total. The van der Waals surface area contributed by atoms with Gasteiger partial charge in [0.15, 0.2) is 22.5 Å². The predicted molar refractivity (Wildman–Crippen MR) is 109 cm³/mol. The van der Waals surface area contributed by atoms with Crippen LogP contribution in [0.1, 0.15) is 16.1 Å². The second kappa shape index (κ2) is 7.20. The number of aromatic nitrogens is 4. The molecule has 8 nitrogen and oxygen atoms in total. The van der Waals surface area contributed by atoms with Crippen molar-refractivity contribution in [1.29, 1.82) is 0 Å². The van der Waals surface area contributed by atoms with Crippen molar-refractivity contribution >= 4 is 50.1 Å². The molecule has 0 aliphatic carbocycles. The van der Waals surface area contributed by atoms with Crippen LogP contribution in [0.3, 0.4) is 0 Å². The number of nitrogens with one attached hydrogen (secondary N) is 1. The number of aromatic carboxylic acids is 1. The fourth-order valence-corrected chi connectivity index (χ4v) is 3.50. The predicted octanol–water partition coefficient (Wildman–Crippen LogP) is 4.00. The summed E-state index contributed by atoms with van der Waals surface area (Å²) in [5, 5.41) is 21.6. The van der Waals surface area contributed by atoms with Crippen molar-refractivity contribution in [2.24, 2.45) is 0 Å². The lowest BCUT2D eigenvalue weighted by Gasteiger charge is -2.18. The summed E-state index contributed by atoms with van der Waals surface area (Å²) in [4.78, 5) is 21.5. The third-order valence-electron chi connectivity index (χ3n) is 4.13. The summed E-state index contributed by atoms with van der Waals surface area (Å²) in [7, 11) is 1.76. The van der Waals surface area contributed by atoms with Crippen LogP contribution in [0.4, 0.5) is 22.6 Å². The van der Waals surface area contributed by atoms with Gasteiger partial charge in [-0.3, -0.25) is 0 Å². The van der Waals surface area contributed by atoms with Gasteiger partial charge in [-0.2, -0.15) is 0 Å². The SMILES string of the molecule is Cc1cc(N(C)c2cccc(C(=O)O)n2)nnc1Nc1nc2ccccc2s1. The maximum Gasteiger partial charge on any atom is 0.354 e. The molecule has 28 heavy (non-hydrogen) atoms. The van der Waals surface area contributed by atoms with Gasteiger partial charge in [-0.05, 0) is 42.8 Å². The summed E-state index contributed by atoms with van der Waals surface area (Å²) < 4.78 is 1.09. The van der Waals surface area contributed by atoms with E-state index in [4.69, 9.17) is 5.11 Å². The molecule has 4 rings (SSSR count). The zero-order chi connectivity index (χ0) is 19.7. The average Bonchev–Trinajstić information content (AvgIpc) is 3.11. The fourth-order valence-electron chi connectivity index (χ4n) is 2.63. The number of carboxylic acids is 1. The molecule has 140 valence electrons. The van der Waals surface area contributed by atoms with Crippen molar-refractivity contribution in [3.63, 3.8) is 0 Å². The zero-order valence-electron chi connectivity index (χ0n) is 15.1. The lowest BCUT2D eigenvalue weighted by molar-refractivity contribution is 0.0690. The molecule has 0 saturated heterocycles. The number of carbonyl (C=O) groups is 1. The van der Waals surface area contributed by atoms with Gasteiger partial charge < -0.3 is 15.3 Å². The Bertz CT molecular complexity index is 1140. The van der Waals surface area contributed by atoms with Gasteiger partial charge in [-0.15, -0.1) is 10.2 Å². The van der Waals surface area contributed by atoms with E-state index in [1.807, 2.05) is 37.3 Å². The topological polar surface area (TPSA) is 104 Å². The number of para-hydroxylation sites is 1. The van der Waals surface area contributed by atoms with Crippen LogP contribution in [0.25, 0.3) is 10.2 Å². The van der Waals surface area contributed by atoms with Crippen molar-refractivity contribution in [3.8, 4) is 0 Å². The second-order valence-electron chi connectivity index (χ2n) is 6.09. The van der Waals surface area contributed by atoms with Crippen molar-refractivity contribution in [2.45, 2.75) is 6.92 Å². The smallest absolute Gasteiger partial charge is 0.354 e. The maximum absolute atomic E-state index is 11.1. The van der Waals surface area contributed by atoms with Gasteiger partial charge in [0.05, 0.1) is 10.2 Å². The minimum atomic E-state index is -1.08. The van der Waals surface area contributed by atoms with Crippen molar-refractivity contribution in [2.75, 3.05) is 17.3 Å². The number of anilines is 4. The highest BCUT2D eigenvalue weighted by Crippen LogP contribution is 2.29. The Morgan fingerprint density at radius 2 is 1.89 bits per heavy atom. The lowest BCUT2D eigenvalue weighted by atomic mass is 10.3. The van der Waals surface area contributed by atoms with Crippen molar-refractivity contribution < 1.29 is 9.90 Å². The van der Waals surface area contributed by atoms with Crippen LogP contribution in [0.2, 0.25) is 0 Å². The van der Waals surface area contributed by atoms with Crippen LogP contribution in [-0.4, -0.2) is 38.3 Å². The molecule has 0 saturated carbocycles. The largest absolute Gasteiger partial charge is 0.477 e. The van der Waals surface area contributed by atoms with Gasteiger partial charge in [0.1, 0.15) is 5.82 Å². The Morgan fingerprint density at radius 3 is 2.64 bits per heavy atom. The molecule has 9 heteroatoms.